The van der Waals surface area contributed by atoms with Crippen molar-refractivity contribution >= 4 is 23.5 Å². The molecule has 32 heavy (non-hydrogen) atoms. The second-order valence-corrected chi connectivity index (χ2v) is 7.50. The van der Waals surface area contributed by atoms with E-state index in [1.807, 2.05) is 48.5 Å². The Balaban J connectivity index is 1.60. The first-order valence-corrected chi connectivity index (χ1v) is 10.2. The molecule has 162 valence electrons. The number of amides is 4. The summed E-state index contributed by atoms with van der Waals surface area (Å²) in [6.45, 7) is -0.411. The van der Waals surface area contributed by atoms with Crippen molar-refractivity contribution < 1.29 is 19.1 Å². The van der Waals surface area contributed by atoms with Gasteiger partial charge in [-0.2, -0.15) is 0 Å². The van der Waals surface area contributed by atoms with E-state index in [2.05, 4.69) is 10.6 Å². The first kappa shape index (κ1) is 21.1. The molecule has 0 radical (unpaired) electrons. The van der Waals surface area contributed by atoms with Gasteiger partial charge in [-0.3, -0.25) is 14.5 Å². The van der Waals surface area contributed by atoms with E-state index < -0.39 is 29.9 Å². The van der Waals surface area contributed by atoms with Crippen LogP contribution in [0.2, 0.25) is 0 Å². The summed E-state index contributed by atoms with van der Waals surface area (Å²) in [6, 6.07) is 24.9. The van der Waals surface area contributed by atoms with Gasteiger partial charge in [-0.25, -0.2) is 4.79 Å². The van der Waals surface area contributed by atoms with Crippen LogP contribution in [0.4, 0.5) is 10.5 Å². The molecule has 1 aliphatic heterocycles. The van der Waals surface area contributed by atoms with E-state index in [1.54, 1.807) is 36.4 Å². The van der Waals surface area contributed by atoms with Crippen molar-refractivity contribution in [2.75, 3.05) is 19.0 Å². The third-order valence-corrected chi connectivity index (χ3v) is 5.44. The molecule has 1 aliphatic rings. The summed E-state index contributed by atoms with van der Waals surface area (Å²) in [6.07, 6.45) is 0.271. The molecule has 0 spiro atoms. The van der Waals surface area contributed by atoms with Gasteiger partial charge in [0.25, 0.3) is 5.91 Å². The number of ether oxygens (including phenoxy) is 1. The maximum absolute atomic E-state index is 13.6. The highest BCUT2D eigenvalue weighted by Gasteiger charge is 2.52. The topological polar surface area (TPSA) is 87.7 Å². The first-order chi connectivity index (χ1) is 15.5. The summed E-state index contributed by atoms with van der Waals surface area (Å²) in [4.78, 5) is 40.1. The highest BCUT2D eigenvalue weighted by Crippen LogP contribution is 2.33. The lowest BCUT2D eigenvalue weighted by molar-refractivity contribution is -0.134. The highest BCUT2D eigenvalue weighted by molar-refractivity contribution is 6.10. The number of methoxy groups -OCH3 is 1. The van der Waals surface area contributed by atoms with E-state index in [9.17, 15) is 14.4 Å². The maximum atomic E-state index is 13.6. The van der Waals surface area contributed by atoms with Crippen LogP contribution in [0.1, 0.15) is 11.1 Å². The number of imide groups is 1. The van der Waals surface area contributed by atoms with Crippen LogP contribution >= 0.6 is 0 Å². The molecule has 7 nitrogen and oxygen atoms in total. The molecule has 0 aliphatic carbocycles. The van der Waals surface area contributed by atoms with E-state index in [0.717, 1.165) is 10.5 Å². The van der Waals surface area contributed by atoms with Crippen LogP contribution < -0.4 is 15.4 Å². The molecule has 0 bridgehead atoms. The summed E-state index contributed by atoms with van der Waals surface area (Å²) in [7, 11) is 1.50. The summed E-state index contributed by atoms with van der Waals surface area (Å²) in [5.41, 5.74) is 0.732. The average Bonchev–Trinajstić information content (AvgIpc) is 3.05. The second kappa shape index (κ2) is 8.93. The third kappa shape index (κ3) is 4.05. The van der Waals surface area contributed by atoms with Crippen molar-refractivity contribution in [1.82, 2.24) is 10.2 Å². The lowest BCUT2D eigenvalue weighted by atomic mass is 9.83. The Kier molecular flexibility index (Phi) is 5.89. The summed E-state index contributed by atoms with van der Waals surface area (Å²) in [5.74, 6) is -0.477. The van der Waals surface area contributed by atoms with Gasteiger partial charge in [-0.1, -0.05) is 72.8 Å². The first-order valence-electron chi connectivity index (χ1n) is 10.2. The number of carbonyl (C=O) groups is 3. The SMILES string of the molecule is COc1ccccc1NC(=O)CN1C(=O)N[C@@](Cc2ccccc2)(c2ccccc2)C1=O. The molecule has 1 atom stereocenters. The van der Waals surface area contributed by atoms with Crippen LogP contribution in [-0.4, -0.2) is 36.4 Å². The molecule has 0 unspecified atom stereocenters. The van der Waals surface area contributed by atoms with Crippen LogP contribution in [0.5, 0.6) is 5.75 Å². The second-order valence-electron chi connectivity index (χ2n) is 7.50. The van der Waals surface area contributed by atoms with Gasteiger partial charge < -0.3 is 15.4 Å². The van der Waals surface area contributed by atoms with Crippen LogP contribution in [0, 0.1) is 0 Å². The van der Waals surface area contributed by atoms with E-state index in [0.29, 0.717) is 17.0 Å². The molecule has 4 rings (SSSR count). The number of para-hydroxylation sites is 2. The van der Waals surface area contributed by atoms with Crippen molar-refractivity contribution in [3.05, 3.63) is 96.1 Å². The third-order valence-electron chi connectivity index (χ3n) is 5.44. The zero-order valence-electron chi connectivity index (χ0n) is 17.6. The van der Waals surface area contributed by atoms with Gasteiger partial charge in [0.05, 0.1) is 12.8 Å². The zero-order chi connectivity index (χ0) is 22.6. The number of anilines is 1. The molecule has 3 aromatic carbocycles. The van der Waals surface area contributed by atoms with Crippen LogP contribution in [0.15, 0.2) is 84.9 Å². The van der Waals surface area contributed by atoms with E-state index in [4.69, 9.17) is 4.74 Å². The Bertz CT molecular complexity index is 1130. The minimum Gasteiger partial charge on any atom is -0.495 e. The molecule has 0 aromatic heterocycles. The van der Waals surface area contributed by atoms with Crippen molar-refractivity contribution in [3.63, 3.8) is 0 Å². The van der Waals surface area contributed by atoms with Gasteiger partial charge in [0.1, 0.15) is 12.3 Å². The monoisotopic (exact) mass is 429 g/mol. The van der Waals surface area contributed by atoms with Crippen LogP contribution in [0.25, 0.3) is 0 Å². The lowest BCUT2D eigenvalue weighted by Crippen LogP contribution is -2.46. The molecule has 1 heterocycles. The fourth-order valence-corrected chi connectivity index (χ4v) is 3.89. The number of nitrogens with zero attached hydrogens (tertiary/aromatic N) is 1. The molecular weight excluding hydrogens is 406 g/mol. The quantitative estimate of drug-likeness (QED) is 0.564. The summed E-state index contributed by atoms with van der Waals surface area (Å²) < 4.78 is 5.24. The number of hydrogen-bond acceptors (Lipinski definition) is 4. The molecule has 0 saturated carbocycles. The molecule has 1 fully saturated rings. The molecule has 1 saturated heterocycles. The number of hydrogen-bond donors (Lipinski definition) is 2. The van der Waals surface area contributed by atoms with Gasteiger partial charge in [0.2, 0.25) is 5.91 Å². The van der Waals surface area contributed by atoms with Crippen molar-refractivity contribution in [1.29, 1.82) is 0 Å². The van der Waals surface area contributed by atoms with Crippen molar-refractivity contribution in [2.45, 2.75) is 12.0 Å². The van der Waals surface area contributed by atoms with E-state index >= 15 is 0 Å². The van der Waals surface area contributed by atoms with Gasteiger partial charge in [0, 0.05) is 6.42 Å². The zero-order valence-corrected chi connectivity index (χ0v) is 17.6. The summed E-state index contributed by atoms with van der Waals surface area (Å²) in [5, 5.41) is 5.57. The number of urea groups is 1. The van der Waals surface area contributed by atoms with E-state index in [-0.39, 0.29) is 6.42 Å². The van der Waals surface area contributed by atoms with Crippen LogP contribution in [0.3, 0.4) is 0 Å². The fraction of sp³-hybridized carbons (Fsp3) is 0.160. The minimum atomic E-state index is -1.29. The number of benzene rings is 3. The van der Waals surface area contributed by atoms with Gasteiger partial charge >= 0.3 is 6.03 Å². The smallest absolute Gasteiger partial charge is 0.325 e. The highest BCUT2D eigenvalue weighted by atomic mass is 16.5. The molecule has 2 N–H and O–H groups in total. The predicted molar refractivity (Wildman–Crippen MR) is 120 cm³/mol. The Labute approximate surface area is 186 Å². The molecule has 3 aromatic rings. The van der Waals surface area contributed by atoms with Crippen molar-refractivity contribution in [3.8, 4) is 5.75 Å². The Morgan fingerprint density at radius 3 is 2.25 bits per heavy atom. The Hall–Kier alpha value is -4.13. The van der Waals surface area contributed by atoms with Crippen LogP contribution in [-0.2, 0) is 21.5 Å². The number of rotatable bonds is 7. The predicted octanol–water partition coefficient (Wildman–Crippen LogP) is 3.32. The summed E-state index contributed by atoms with van der Waals surface area (Å²) >= 11 is 0. The maximum Gasteiger partial charge on any atom is 0.325 e. The van der Waals surface area contributed by atoms with Gasteiger partial charge in [0.15, 0.2) is 5.54 Å². The van der Waals surface area contributed by atoms with Gasteiger partial charge in [-0.05, 0) is 23.3 Å². The Morgan fingerprint density at radius 1 is 0.938 bits per heavy atom. The minimum absolute atomic E-state index is 0.271. The van der Waals surface area contributed by atoms with Crippen molar-refractivity contribution in [2.24, 2.45) is 0 Å². The molecule has 7 heteroatoms. The average molecular weight is 429 g/mol. The Morgan fingerprint density at radius 2 is 1.56 bits per heavy atom. The largest absolute Gasteiger partial charge is 0.495 e. The van der Waals surface area contributed by atoms with Gasteiger partial charge in [-0.15, -0.1) is 0 Å². The normalized spacial score (nSPS) is 17.7. The molecular formula is C25H23N3O4. The molecule has 4 amide bonds. The van der Waals surface area contributed by atoms with E-state index in [1.165, 1.54) is 7.11 Å². The number of nitrogens with one attached hydrogen (secondary N) is 2. The fourth-order valence-electron chi connectivity index (χ4n) is 3.89. The number of carbonyl (C=O) groups excluding carboxylic acids is 3. The standard InChI is InChI=1S/C25H23N3O4/c1-32-21-15-9-8-14-20(21)26-22(29)17-28-23(30)25(27-24(28)31,19-12-6-3-7-13-19)16-18-10-4-2-5-11-18/h2-15H,16-17H2,1H3,(H,26,29)(H,27,31)/t25-/m0/s1. The lowest BCUT2D eigenvalue weighted by Gasteiger charge is -2.27.